The summed E-state index contributed by atoms with van der Waals surface area (Å²) in [7, 11) is 1.64. The van der Waals surface area contributed by atoms with E-state index in [2.05, 4.69) is 10.6 Å². The highest BCUT2D eigenvalue weighted by atomic mass is 16.4. The number of oxazole rings is 1. The van der Waals surface area contributed by atoms with Crippen molar-refractivity contribution in [3.05, 3.63) is 64.1 Å². The summed E-state index contributed by atoms with van der Waals surface area (Å²) in [5, 5.41) is 5.45. The molecule has 0 spiro atoms. The van der Waals surface area contributed by atoms with Gasteiger partial charge >= 0.3 is 5.76 Å². The first-order valence-corrected chi connectivity index (χ1v) is 7.68. The summed E-state index contributed by atoms with van der Waals surface area (Å²) in [4.78, 5) is 34.7. The summed E-state index contributed by atoms with van der Waals surface area (Å²) in [6.07, 6.45) is 0. The minimum atomic E-state index is -0.421. The summed E-state index contributed by atoms with van der Waals surface area (Å²) >= 11 is 0. The van der Waals surface area contributed by atoms with Crippen LogP contribution in [0.2, 0.25) is 0 Å². The number of aromatic nitrogens is 1. The van der Waals surface area contributed by atoms with Crippen molar-refractivity contribution in [2.45, 2.75) is 13.5 Å². The first kappa shape index (κ1) is 16.5. The molecule has 0 atom stereocenters. The molecule has 0 bridgehead atoms. The molecule has 2 aromatic carbocycles. The monoisotopic (exact) mass is 339 g/mol. The molecular formula is C18H17N3O4. The van der Waals surface area contributed by atoms with Crippen LogP contribution in [-0.4, -0.2) is 16.4 Å². The highest BCUT2D eigenvalue weighted by Gasteiger charge is 2.09. The van der Waals surface area contributed by atoms with Gasteiger partial charge in [0.2, 0.25) is 5.91 Å². The van der Waals surface area contributed by atoms with E-state index in [0.29, 0.717) is 28.9 Å². The Morgan fingerprint density at radius 2 is 1.84 bits per heavy atom. The zero-order chi connectivity index (χ0) is 18.0. The fourth-order valence-electron chi connectivity index (χ4n) is 2.48. The molecule has 25 heavy (non-hydrogen) atoms. The lowest BCUT2D eigenvalue weighted by atomic mass is 10.1. The average molecular weight is 339 g/mol. The van der Waals surface area contributed by atoms with Gasteiger partial charge in [-0.3, -0.25) is 14.2 Å². The zero-order valence-corrected chi connectivity index (χ0v) is 13.8. The smallest absolute Gasteiger partial charge is 0.408 e. The normalized spacial score (nSPS) is 10.6. The lowest BCUT2D eigenvalue weighted by molar-refractivity contribution is -0.114. The molecule has 2 N–H and O–H groups in total. The lowest BCUT2D eigenvalue weighted by Gasteiger charge is -2.07. The van der Waals surface area contributed by atoms with Crippen molar-refractivity contribution in [1.82, 2.24) is 9.88 Å². The number of aryl methyl sites for hydroxylation is 1. The first-order chi connectivity index (χ1) is 11.9. The van der Waals surface area contributed by atoms with Crippen molar-refractivity contribution in [3.8, 4) is 0 Å². The summed E-state index contributed by atoms with van der Waals surface area (Å²) in [5.41, 5.74) is 3.13. The Kier molecular flexibility index (Phi) is 4.38. The number of fused-ring (bicyclic) bond motifs is 1. The Balaban J connectivity index is 1.67. The van der Waals surface area contributed by atoms with Crippen molar-refractivity contribution < 1.29 is 14.0 Å². The molecule has 0 aliphatic carbocycles. The molecule has 1 heterocycles. The van der Waals surface area contributed by atoms with Gasteiger partial charge < -0.3 is 15.1 Å². The molecule has 0 unspecified atom stereocenters. The van der Waals surface area contributed by atoms with Crippen LogP contribution < -0.4 is 16.4 Å². The van der Waals surface area contributed by atoms with E-state index in [1.165, 1.54) is 11.5 Å². The Bertz CT molecular complexity index is 999. The molecule has 0 radical (unpaired) electrons. The molecule has 0 aliphatic heterocycles. The van der Waals surface area contributed by atoms with Crippen molar-refractivity contribution in [1.29, 1.82) is 0 Å². The van der Waals surface area contributed by atoms with E-state index in [9.17, 15) is 14.4 Å². The Morgan fingerprint density at radius 1 is 1.12 bits per heavy atom. The van der Waals surface area contributed by atoms with E-state index in [1.54, 1.807) is 43.4 Å². The third-order valence-electron chi connectivity index (χ3n) is 3.78. The van der Waals surface area contributed by atoms with Gasteiger partial charge in [0.25, 0.3) is 5.91 Å². The van der Waals surface area contributed by atoms with Crippen LogP contribution in [0.4, 0.5) is 5.69 Å². The summed E-state index contributed by atoms with van der Waals surface area (Å²) in [6.45, 7) is 1.73. The predicted molar refractivity (Wildman–Crippen MR) is 93.4 cm³/mol. The number of rotatable bonds is 4. The summed E-state index contributed by atoms with van der Waals surface area (Å²) in [6, 6.07) is 12.0. The number of hydrogen-bond donors (Lipinski definition) is 2. The first-order valence-electron chi connectivity index (χ1n) is 7.68. The number of nitrogens with zero attached hydrogens (tertiary/aromatic N) is 1. The molecule has 7 heteroatoms. The van der Waals surface area contributed by atoms with Crippen LogP contribution in [0.3, 0.4) is 0 Å². The number of amides is 2. The molecular weight excluding hydrogens is 322 g/mol. The minimum Gasteiger partial charge on any atom is -0.408 e. The van der Waals surface area contributed by atoms with E-state index in [0.717, 1.165) is 5.56 Å². The van der Waals surface area contributed by atoms with E-state index in [1.807, 2.05) is 6.07 Å². The number of carbonyl (C=O) groups excluding carboxylic acids is 2. The third kappa shape index (κ3) is 3.60. The topological polar surface area (TPSA) is 93.3 Å². The standard InChI is InChI=1S/C18H17N3O4/c1-11(22)20-14-6-4-13(5-7-14)17(23)19-10-12-3-8-15-16(9-12)25-18(24)21(15)2/h3-9H,10H2,1-2H3,(H,19,23)(H,20,22). The summed E-state index contributed by atoms with van der Waals surface area (Å²) in [5.74, 6) is -0.820. The molecule has 7 nitrogen and oxygen atoms in total. The van der Waals surface area contributed by atoms with E-state index >= 15 is 0 Å². The van der Waals surface area contributed by atoms with Gasteiger partial charge in [0.05, 0.1) is 5.52 Å². The van der Waals surface area contributed by atoms with Crippen LogP contribution in [0.1, 0.15) is 22.8 Å². The number of nitrogens with one attached hydrogen (secondary N) is 2. The van der Waals surface area contributed by atoms with E-state index < -0.39 is 5.76 Å². The molecule has 128 valence electrons. The maximum Gasteiger partial charge on any atom is 0.419 e. The van der Waals surface area contributed by atoms with Gasteiger partial charge in [-0.05, 0) is 42.0 Å². The van der Waals surface area contributed by atoms with Gasteiger partial charge in [0.15, 0.2) is 5.58 Å². The number of carbonyl (C=O) groups is 2. The van der Waals surface area contributed by atoms with Crippen LogP contribution in [0.25, 0.3) is 11.1 Å². The van der Waals surface area contributed by atoms with Crippen molar-refractivity contribution in [2.24, 2.45) is 7.05 Å². The molecule has 3 aromatic rings. The van der Waals surface area contributed by atoms with Crippen LogP contribution in [0.5, 0.6) is 0 Å². The van der Waals surface area contributed by atoms with E-state index in [-0.39, 0.29) is 11.8 Å². The Labute approximate surface area is 143 Å². The Hall–Kier alpha value is -3.35. The molecule has 0 saturated carbocycles. The van der Waals surface area contributed by atoms with Gasteiger partial charge in [-0.1, -0.05) is 6.07 Å². The highest BCUT2D eigenvalue weighted by Crippen LogP contribution is 2.14. The van der Waals surface area contributed by atoms with E-state index in [4.69, 9.17) is 4.42 Å². The molecule has 1 aromatic heterocycles. The van der Waals surface area contributed by atoms with Crippen LogP contribution in [-0.2, 0) is 18.4 Å². The minimum absolute atomic E-state index is 0.167. The summed E-state index contributed by atoms with van der Waals surface area (Å²) < 4.78 is 6.56. The predicted octanol–water partition coefficient (Wildman–Crippen LogP) is 2.02. The number of hydrogen-bond acceptors (Lipinski definition) is 4. The molecule has 0 fully saturated rings. The van der Waals surface area contributed by atoms with Crippen LogP contribution in [0.15, 0.2) is 51.7 Å². The second-order valence-corrected chi connectivity index (χ2v) is 5.67. The van der Waals surface area contributed by atoms with Gasteiger partial charge in [-0.15, -0.1) is 0 Å². The number of benzene rings is 2. The van der Waals surface area contributed by atoms with Crippen LogP contribution in [0, 0.1) is 0 Å². The third-order valence-corrected chi connectivity index (χ3v) is 3.78. The number of anilines is 1. The maximum atomic E-state index is 12.2. The molecule has 0 aliphatic rings. The fourth-order valence-corrected chi connectivity index (χ4v) is 2.48. The SMILES string of the molecule is CC(=O)Nc1ccc(C(=O)NCc2ccc3c(c2)oc(=O)n3C)cc1. The highest BCUT2D eigenvalue weighted by molar-refractivity contribution is 5.95. The van der Waals surface area contributed by atoms with Crippen LogP contribution >= 0.6 is 0 Å². The molecule has 2 amide bonds. The average Bonchev–Trinajstić information content (AvgIpc) is 2.87. The second-order valence-electron chi connectivity index (χ2n) is 5.67. The fraction of sp³-hybridized carbons (Fsp3) is 0.167. The van der Waals surface area contributed by atoms with Gasteiger partial charge in [-0.2, -0.15) is 0 Å². The van der Waals surface area contributed by atoms with Gasteiger partial charge in [0, 0.05) is 31.8 Å². The van der Waals surface area contributed by atoms with Crippen molar-refractivity contribution in [3.63, 3.8) is 0 Å². The van der Waals surface area contributed by atoms with Crippen molar-refractivity contribution >= 4 is 28.6 Å². The quantitative estimate of drug-likeness (QED) is 0.760. The zero-order valence-electron chi connectivity index (χ0n) is 13.8. The lowest BCUT2D eigenvalue weighted by Crippen LogP contribution is -2.22. The second kappa shape index (κ2) is 6.64. The van der Waals surface area contributed by atoms with Gasteiger partial charge in [0.1, 0.15) is 0 Å². The van der Waals surface area contributed by atoms with Gasteiger partial charge in [-0.25, -0.2) is 4.79 Å². The molecule has 3 rings (SSSR count). The maximum absolute atomic E-state index is 12.2. The Morgan fingerprint density at radius 3 is 2.52 bits per heavy atom. The molecule has 0 saturated heterocycles. The largest absolute Gasteiger partial charge is 0.419 e. The van der Waals surface area contributed by atoms with Crippen molar-refractivity contribution in [2.75, 3.05) is 5.32 Å².